The lowest BCUT2D eigenvalue weighted by atomic mass is 10.6. The van der Waals surface area contributed by atoms with Gasteiger partial charge in [-0.05, 0) is 27.6 Å². The quantitative estimate of drug-likeness (QED) is 0.483. The van der Waals surface area contributed by atoms with Crippen molar-refractivity contribution < 1.29 is 17.8 Å². The number of carbonyl (C=O) groups is 2. The third-order valence-corrected chi connectivity index (χ3v) is 0. The van der Waals surface area contributed by atoms with Gasteiger partial charge in [0.05, 0.1) is 0 Å². The van der Waals surface area contributed by atoms with Gasteiger partial charge in [-0.3, -0.25) is 0 Å². The largest absolute Gasteiger partial charge is 0.300 e. The molecule has 0 atom stereocenters. The third kappa shape index (κ3) is 231. The van der Waals surface area contributed by atoms with Crippen LogP contribution in [0.15, 0.2) is 0 Å². The van der Waals surface area contributed by atoms with Crippen LogP contribution in [0.1, 0.15) is 35.8 Å². The summed E-state index contributed by atoms with van der Waals surface area (Å²) in [6.07, 6.45) is 0. The lowest BCUT2D eigenvalue weighted by Crippen LogP contribution is -1.69. The first-order valence-corrected chi connectivity index (χ1v) is 1.91. The fourth-order valence-electron chi connectivity index (χ4n) is 0. The summed E-state index contributed by atoms with van der Waals surface area (Å²) in [4.78, 5) is 19.8. The first kappa shape index (κ1) is 2.29. The van der Waals surface area contributed by atoms with Gasteiger partial charge >= 0.3 is 0 Å². The van der Waals surface area contributed by atoms with Crippen LogP contribution < -0.4 is 0 Å². The zero-order chi connectivity index (χ0) is 12.2. The summed E-state index contributed by atoms with van der Waals surface area (Å²) in [5.74, 6) is -1.51. The van der Waals surface area contributed by atoms with Crippen molar-refractivity contribution in [3.05, 3.63) is 0 Å². The van der Waals surface area contributed by atoms with Gasteiger partial charge in [-0.15, -0.1) is 0 Å². The molecule has 0 saturated carbocycles. The minimum Gasteiger partial charge on any atom is -0.300 e. The molecule has 0 N–H and O–H groups in total. The average Bonchev–Trinajstić information content (AvgIpc) is 1.80. The molecule has 0 spiro atoms. The zero-order valence-corrected chi connectivity index (χ0v) is 4.82. The van der Waals surface area contributed by atoms with E-state index < -0.39 is 19.5 Å². The van der Waals surface area contributed by atoms with E-state index in [2.05, 4.69) is 0 Å². The van der Waals surface area contributed by atoms with E-state index in [1.807, 2.05) is 0 Å². The maximum Gasteiger partial charge on any atom is 0.126 e. The van der Waals surface area contributed by atoms with E-state index in [1.165, 1.54) is 13.8 Å². The van der Waals surface area contributed by atoms with E-state index in [-0.39, 0.29) is 5.78 Å². The van der Waals surface area contributed by atoms with Crippen molar-refractivity contribution in [2.45, 2.75) is 27.6 Å². The van der Waals surface area contributed by atoms with Crippen LogP contribution in [0.3, 0.4) is 0 Å². The highest BCUT2D eigenvalue weighted by atomic mass is 16.1. The summed E-state index contributed by atoms with van der Waals surface area (Å²) >= 11 is 0. The van der Waals surface area contributed by atoms with E-state index in [0.717, 1.165) is 0 Å². The Kier molecular flexibility index (Phi) is 1.82. The Bertz CT molecular complexity index is 193. The molecule has 2 nitrogen and oxygen atoms in total. The van der Waals surface area contributed by atoms with Gasteiger partial charge in [-0.1, -0.05) is 0 Å². The first-order valence-electron chi connectivity index (χ1n) is 4.91. The molecular formula is C6H12O2. The van der Waals surface area contributed by atoms with E-state index in [9.17, 15) is 9.59 Å². The van der Waals surface area contributed by atoms with Crippen LogP contribution in [0.2, 0.25) is 0 Å². The molecule has 0 amide bonds. The molecule has 0 aliphatic carbocycles. The molecule has 0 aromatic carbocycles. The fourth-order valence-corrected chi connectivity index (χ4v) is 0. The maximum absolute atomic E-state index is 10.4. The van der Waals surface area contributed by atoms with Crippen molar-refractivity contribution >= 4 is 11.6 Å². The Balaban J connectivity index is 0. The topological polar surface area (TPSA) is 34.1 Å². The van der Waals surface area contributed by atoms with Crippen LogP contribution in [-0.2, 0) is 9.59 Å². The molecule has 0 heterocycles. The standard InChI is InChI=1S/2C3H6O/c2*1-3(2)4/h2*1-2H3/i1D3,2D3;. The zero-order valence-electron chi connectivity index (χ0n) is 10.8. The van der Waals surface area contributed by atoms with Gasteiger partial charge in [0.2, 0.25) is 0 Å². The Morgan fingerprint density at radius 3 is 1.38 bits per heavy atom. The van der Waals surface area contributed by atoms with E-state index in [1.54, 1.807) is 0 Å². The Morgan fingerprint density at radius 1 is 1.12 bits per heavy atom. The lowest BCUT2D eigenvalue weighted by molar-refractivity contribution is -0.115. The first-order chi connectivity index (χ1) is 5.89. The minimum atomic E-state index is -3.01. The highest BCUT2D eigenvalue weighted by Crippen LogP contribution is 1.50. The van der Waals surface area contributed by atoms with Crippen molar-refractivity contribution in [3.63, 3.8) is 0 Å². The van der Waals surface area contributed by atoms with Gasteiger partial charge in [-0.2, -0.15) is 0 Å². The second-order valence-corrected chi connectivity index (χ2v) is 1.24. The maximum atomic E-state index is 10.4. The molecule has 0 rings (SSSR count). The number of hydrogen-bond donors (Lipinski definition) is 0. The molecule has 0 radical (unpaired) electrons. The Hall–Kier alpha value is -0.660. The smallest absolute Gasteiger partial charge is 0.126 e. The van der Waals surface area contributed by atoms with Crippen molar-refractivity contribution in [3.8, 4) is 0 Å². The lowest BCUT2D eigenvalue weighted by Gasteiger charge is -1.56. The van der Waals surface area contributed by atoms with Crippen LogP contribution in [0, 0.1) is 0 Å². The van der Waals surface area contributed by atoms with Crippen molar-refractivity contribution in [1.82, 2.24) is 0 Å². The highest BCUT2D eigenvalue weighted by molar-refractivity contribution is 5.72. The molecule has 8 heavy (non-hydrogen) atoms. The van der Waals surface area contributed by atoms with E-state index >= 15 is 0 Å². The second kappa shape index (κ2) is 6.34. The molecule has 0 aromatic rings. The van der Waals surface area contributed by atoms with Gasteiger partial charge in [0, 0.05) is 8.22 Å². The summed E-state index contributed by atoms with van der Waals surface area (Å²) in [6.45, 7) is -2.96. The predicted octanol–water partition coefficient (Wildman–Crippen LogP) is 1.19. The normalized spacial score (nSPS) is 20.8. The van der Waals surface area contributed by atoms with Crippen LogP contribution in [0.5, 0.6) is 0 Å². The number of Topliss-reactive ketones (excluding diaryl/α,β-unsaturated/α-hetero) is 2. The Labute approximate surface area is 58.3 Å². The molecule has 48 valence electrons. The van der Waals surface area contributed by atoms with Crippen molar-refractivity contribution in [1.29, 1.82) is 0 Å². The van der Waals surface area contributed by atoms with Gasteiger partial charge in [0.1, 0.15) is 11.6 Å². The predicted molar refractivity (Wildman–Crippen MR) is 32.7 cm³/mol. The number of hydrogen-bond acceptors (Lipinski definition) is 2. The molecule has 0 aliphatic rings. The fraction of sp³-hybridized carbons (Fsp3) is 0.667. The van der Waals surface area contributed by atoms with Gasteiger partial charge in [0.15, 0.2) is 0 Å². The van der Waals surface area contributed by atoms with E-state index in [4.69, 9.17) is 8.22 Å². The molecule has 0 fully saturated rings. The van der Waals surface area contributed by atoms with Crippen LogP contribution in [0.25, 0.3) is 0 Å². The van der Waals surface area contributed by atoms with Crippen molar-refractivity contribution in [2.75, 3.05) is 0 Å². The second-order valence-electron chi connectivity index (χ2n) is 1.24. The average molecular weight is 122 g/mol. The van der Waals surface area contributed by atoms with Crippen LogP contribution in [0.4, 0.5) is 0 Å². The molecular weight excluding hydrogens is 104 g/mol. The van der Waals surface area contributed by atoms with Crippen molar-refractivity contribution in [2.24, 2.45) is 0 Å². The Morgan fingerprint density at radius 2 is 1.38 bits per heavy atom. The molecule has 0 bridgehead atoms. The summed E-state index contributed by atoms with van der Waals surface area (Å²) in [6, 6.07) is 0. The number of rotatable bonds is 0. The van der Waals surface area contributed by atoms with Gasteiger partial charge in [0.25, 0.3) is 0 Å². The summed E-state index contributed by atoms with van der Waals surface area (Å²) in [7, 11) is 0. The SMILES string of the molecule is CC(C)=O.[2H]C([2H])([2H])C(=O)C([2H])([2H])[2H]. The molecule has 2 heteroatoms. The monoisotopic (exact) mass is 122 g/mol. The van der Waals surface area contributed by atoms with Gasteiger partial charge in [-0.25, -0.2) is 0 Å². The van der Waals surface area contributed by atoms with Crippen LogP contribution >= 0.6 is 0 Å². The summed E-state index contributed by atoms with van der Waals surface area (Å²) < 4.78 is 38.5. The number of ketones is 2. The van der Waals surface area contributed by atoms with Crippen LogP contribution in [-0.4, -0.2) is 11.6 Å². The molecule has 0 aromatic heterocycles. The number of carbonyl (C=O) groups excluding carboxylic acids is 2. The molecule has 0 saturated heterocycles. The molecule has 0 unspecified atom stereocenters. The third-order valence-electron chi connectivity index (χ3n) is 0. The van der Waals surface area contributed by atoms with E-state index in [0.29, 0.717) is 0 Å². The van der Waals surface area contributed by atoms with Gasteiger partial charge < -0.3 is 9.59 Å². The highest BCUT2D eigenvalue weighted by Gasteiger charge is 1.62. The summed E-state index contributed by atoms with van der Waals surface area (Å²) in [5, 5.41) is 0. The summed E-state index contributed by atoms with van der Waals surface area (Å²) in [5.41, 5.74) is 0. The molecule has 0 aliphatic heterocycles. The minimum absolute atomic E-state index is 0.167.